The number of nitrogens with one attached hydrogen (secondary N) is 1. The molecule has 1 aromatic heterocycles. The van der Waals surface area contributed by atoms with Crippen LogP contribution in [0.2, 0.25) is 0 Å². The third kappa shape index (κ3) is 3.10. The number of hydrogen-bond donors (Lipinski definition) is 1. The SMILES string of the molecule is Cc1nn(C)c(C)c1NC(=O)/C=C/c1ccccc1. The molecule has 0 saturated heterocycles. The van der Waals surface area contributed by atoms with E-state index in [1.807, 2.05) is 51.2 Å². The molecule has 4 nitrogen and oxygen atoms in total. The molecule has 0 unspecified atom stereocenters. The zero-order chi connectivity index (χ0) is 13.8. The highest BCUT2D eigenvalue weighted by molar-refractivity contribution is 6.02. The first-order valence-electron chi connectivity index (χ1n) is 6.12. The van der Waals surface area contributed by atoms with Gasteiger partial charge in [0.05, 0.1) is 17.1 Å². The fourth-order valence-corrected chi connectivity index (χ4v) is 1.86. The smallest absolute Gasteiger partial charge is 0.248 e. The van der Waals surface area contributed by atoms with Crippen LogP contribution >= 0.6 is 0 Å². The maximum absolute atomic E-state index is 11.9. The van der Waals surface area contributed by atoms with Gasteiger partial charge in [-0.15, -0.1) is 0 Å². The Kier molecular flexibility index (Phi) is 3.80. The summed E-state index contributed by atoms with van der Waals surface area (Å²) in [6, 6.07) is 9.72. The van der Waals surface area contributed by atoms with Gasteiger partial charge in [0.2, 0.25) is 5.91 Å². The second kappa shape index (κ2) is 5.52. The van der Waals surface area contributed by atoms with E-state index in [1.54, 1.807) is 10.8 Å². The molecule has 4 heteroatoms. The Morgan fingerprint density at radius 1 is 1.26 bits per heavy atom. The number of amides is 1. The average molecular weight is 255 g/mol. The van der Waals surface area contributed by atoms with Gasteiger partial charge in [-0.05, 0) is 25.5 Å². The highest BCUT2D eigenvalue weighted by atomic mass is 16.1. The number of benzene rings is 1. The van der Waals surface area contributed by atoms with Gasteiger partial charge in [-0.1, -0.05) is 30.3 Å². The number of carbonyl (C=O) groups is 1. The summed E-state index contributed by atoms with van der Waals surface area (Å²) >= 11 is 0. The van der Waals surface area contributed by atoms with E-state index in [9.17, 15) is 4.79 Å². The fourth-order valence-electron chi connectivity index (χ4n) is 1.86. The van der Waals surface area contributed by atoms with Crippen molar-refractivity contribution in [1.29, 1.82) is 0 Å². The number of anilines is 1. The lowest BCUT2D eigenvalue weighted by atomic mass is 10.2. The minimum Gasteiger partial charge on any atom is -0.319 e. The van der Waals surface area contributed by atoms with Crippen molar-refractivity contribution >= 4 is 17.7 Å². The zero-order valence-electron chi connectivity index (χ0n) is 11.3. The van der Waals surface area contributed by atoms with Crippen LogP contribution in [0.3, 0.4) is 0 Å². The quantitative estimate of drug-likeness (QED) is 0.857. The second-order valence-electron chi connectivity index (χ2n) is 4.40. The number of carbonyl (C=O) groups excluding carboxylic acids is 1. The molecule has 0 aliphatic rings. The third-order valence-electron chi connectivity index (χ3n) is 2.98. The highest BCUT2D eigenvalue weighted by Crippen LogP contribution is 2.18. The number of nitrogens with zero attached hydrogens (tertiary/aromatic N) is 2. The van der Waals surface area contributed by atoms with Gasteiger partial charge in [-0.25, -0.2) is 0 Å². The summed E-state index contributed by atoms with van der Waals surface area (Å²) < 4.78 is 1.76. The molecule has 0 saturated carbocycles. The molecule has 1 N–H and O–H groups in total. The normalized spacial score (nSPS) is 10.9. The van der Waals surface area contributed by atoms with Crippen molar-refractivity contribution in [1.82, 2.24) is 9.78 Å². The van der Waals surface area contributed by atoms with E-state index in [0.29, 0.717) is 0 Å². The van der Waals surface area contributed by atoms with E-state index in [-0.39, 0.29) is 5.91 Å². The van der Waals surface area contributed by atoms with E-state index in [0.717, 1.165) is 22.6 Å². The van der Waals surface area contributed by atoms with Crippen molar-refractivity contribution in [3.8, 4) is 0 Å². The molecule has 1 aromatic carbocycles. The van der Waals surface area contributed by atoms with Crippen molar-refractivity contribution in [2.45, 2.75) is 13.8 Å². The van der Waals surface area contributed by atoms with Crippen LogP contribution in [-0.4, -0.2) is 15.7 Å². The van der Waals surface area contributed by atoms with E-state index < -0.39 is 0 Å². The van der Waals surface area contributed by atoms with Crippen molar-refractivity contribution in [3.63, 3.8) is 0 Å². The minimum atomic E-state index is -0.150. The van der Waals surface area contributed by atoms with Crippen molar-refractivity contribution < 1.29 is 4.79 Å². The lowest BCUT2D eigenvalue weighted by Crippen LogP contribution is -2.09. The lowest BCUT2D eigenvalue weighted by Gasteiger charge is -2.02. The first-order chi connectivity index (χ1) is 9.08. The van der Waals surface area contributed by atoms with Gasteiger partial charge in [0, 0.05) is 13.1 Å². The monoisotopic (exact) mass is 255 g/mol. The molecule has 1 heterocycles. The first kappa shape index (κ1) is 13.1. The van der Waals surface area contributed by atoms with Crippen LogP contribution in [0.15, 0.2) is 36.4 Å². The molecule has 0 bridgehead atoms. The molecule has 0 aliphatic heterocycles. The zero-order valence-corrected chi connectivity index (χ0v) is 11.3. The molecule has 1 amide bonds. The van der Waals surface area contributed by atoms with E-state index >= 15 is 0 Å². The minimum absolute atomic E-state index is 0.150. The lowest BCUT2D eigenvalue weighted by molar-refractivity contribution is -0.111. The average Bonchev–Trinajstić information content (AvgIpc) is 2.64. The van der Waals surface area contributed by atoms with Gasteiger partial charge in [0.15, 0.2) is 0 Å². The number of hydrogen-bond acceptors (Lipinski definition) is 2. The second-order valence-corrected chi connectivity index (χ2v) is 4.40. The summed E-state index contributed by atoms with van der Waals surface area (Å²) in [6.45, 7) is 3.81. The molecule has 2 rings (SSSR count). The van der Waals surface area contributed by atoms with Crippen molar-refractivity contribution in [2.75, 3.05) is 5.32 Å². The molecule has 0 atom stereocenters. The largest absolute Gasteiger partial charge is 0.319 e. The number of aryl methyl sites for hydroxylation is 2. The molecule has 0 spiro atoms. The Bertz CT molecular complexity index is 612. The van der Waals surface area contributed by atoms with Crippen LogP contribution in [0, 0.1) is 13.8 Å². The Hall–Kier alpha value is -2.36. The molecule has 0 fully saturated rings. The summed E-state index contributed by atoms with van der Waals surface area (Å²) in [5, 5.41) is 7.12. The van der Waals surface area contributed by atoms with E-state index in [4.69, 9.17) is 0 Å². The standard InChI is InChI=1S/C15H17N3O/c1-11-15(12(2)18(3)17-11)16-14(19)10-9-13-7-5-4-6-8-13/h4-10H,1-3H3,(H,16,19)/b10-9+. The van der Waals surface area contributed by atoms with E-state index in [1.165, 1.54) is 6.08 Å². The maximum Gasteiger partial charge on any atom is 0.248 e. The Balaban J connectivity index is 2.08. The molecular weight excluding hydrogens is 238 g/mol. The first-order valence-corrected chi connectivity index (χ1v) is 6.12. The van der Waals surface area contributed by atoms with Gasteiger partial charge >= 0.3 is 0 Å². The van der Waals surface area contributed by atoms with Crippen LogP contribution in [0.4, 0.5) is 5.69 Å². The topological polar surface area (TPSA) is 46.9 Å². The predicted octanol–water partition coefficient (Wildman–Crippen LogP) is 2.69. The Labute approximate surface area is 112 Å². The third-order valence-corrected chi connectivity index (χ3v) is 2.98. The van der Waals surface area contributed by atoms with Crippen molar-refractivity contribution in [2.24, 2.45) is 7.05 Å². The maximum atomic E-state index is 11.9. The summed E-state index contributed by atoms with van der Waals surface area (Å²) in [7, 11) is 1.86. The molecule has 0 radical (unpaired) electrons. The van der Waals surface area contributed by atoms with Gasteiger partial charge in [0.25, 0.3) is 0 Å². The Morgan fingerprint density at radius 3 is 2.53 bits per heavy atom. The van der Waals surface area contributed by atoms with Gasteiger partial charge in [-0.2, -0.15) is 5.10 Å². The van der Waals surface area contributed by atoms with Crippen LogP contribution in [0.25, 0.3) is 6.08 Å². The number of aromatic nitrogens is 2. The Morgan fingerprint density at radius 2 is 1.95 bits per heavy atom. The van der Waals surface area contributed by atoms with E-state index in [2.05, 4.69) is 10.4 Å². The molecular formula is C15H17N3O. The van der Waals surface area contributed by atoms with Gasteiger partial charge in [-0.3, -0.25) is 9.48 Å². The molecule has 2 aromatic rings. The van der Waals surface area contributed by atoms with Crippen molar-refractivity contribution in [3.05, 3.63) is 53.4 Å². The predicted molar refractivity (Wildman–Crippen MR) is 76.8 cm³/mol. The summed E-state index contributed by atoms with van der Waals surface area (Å²) in [4.78, 5) is 11.9. The van der Waals surface area contributed by atoms with Crippen LogP contribution in [-0.2, 0) is 11.8 Å². The molecule has 98 valence electrons. The summed E-state index contributed by atoms with van der Waals surface area (Å²) in [5.41, 5.74) is 3.54. The number of rotatable bonds is 3. The summed E-state index contributed by atoms with van der Waals surface area (Å²) in [5.74, 6) is -0.150. The molecule has 19 heavy (non-hydrogen) atoms. The fraction of sp³-hybridized carbons (Fsp3) is 0.200. The van der Waals surface area contributed by atoms with Crippen LogP contribution in [0.1, 0.15) is 17.0 Å². The summed E-state index contributed by atoms with van der Waals surface area (Å²) in [6.07, 6.45) is 3.32. The van der Waals surface area contributed by atoms with Crippen LogP contribution in [0.5, 0.6) is 0 Å². The molecule has 0 aliphatic carbocycles. The highest BCUT2D eigenvalue weighted by Gasteiger charge is 2.10. The van der Waals surface area contributed by atoms with Gasteiger partial charge < -0.3 is 5.32 Å². The van der Waals surface area contributed by atoms with Crippen LogP contribution < -0.4 is 5.32 Å². The van der Waals surface area contributed by atoms with Gasteiger partial charge in [0.1, 0.15) is 0 Å².